The van der Waals surface area contributed by atoms with Crippen LogP contribution < -0.4 is 0 Å². The lowest BCUT2D eigenvalue weighted by Gasteiger charge is -2.34. The molecule has 0 saturated carbocycles. The van der Waals surface area contributed by atoms with Gasteiger partial charge in [-0.15, -0.1) is 0 Å². The normalized spacial score (nSPS) is 12.5. The van der Waals surface area contributed by atoms with Crippen LogP contribution in [0.4, 0.5) is 0 Å². The van der Waals surface area contributed by atoms with E-state index >= 15 is 0 Å². The molecule has 1 aliphatic rings. The monoisotopic (exact) mass is 751 g/mol. The van der Waals surface area contributed by atoms with Gasteiger partial charge in [0.2, 0.25) is 0 Å². The first-order valence-corrected chi connectivity index (χ1v) is 20.1. The molecule has 0 spiro atoms. The van der Waals surface area contributed by atoms with Crippen molar-refractivity contribution in [2.75, 3.05) is 0 Å². The van der Waals surface area contributed by atoms with Gasteiger partial charge in [-0.1, -0.05) is 188 Å². The Hall–Kier alpha value is -7.75. The highest BCUT2D eigenvalue weighted by atomic mass is 14.9. The Bertz CT molecular complexity index is 3100. The number of hydrogen-bond donors (Lipinski definition) is 0. The van der Waals surface area contributed by atoms with Crippen molar-refractivity contribution < 1.29 is 0 Å². The maximum atomic E-state index is 5.27. The quantitative estimate of drug-likeness (QED) is 0.163. The summed E-state index contributed by atoms with van der Waals surface area (Å²) in [7, 11) is 0. The van der Waals surface area contributed by atoms with E-state index in [-0.39, 0.29) is 0 Å². The van der Waals surface area contributed by atoms with E-state index in [2.05, 4.69) is 193 Å². The number of fused-ring (bicyclic) bond motifs is 4. The predicted octanol–water partition coefficient (Wildman–Crippen LogP) is 13.7. The van der Waals surface area contributed by atoms with Crippen molar-refractivity contribution in [2.24, 2.45) is 0 Å². The van der Waals surface area contributed by atoms with Crippen molar-refractivity contribution in [1.82, 2.24) is 15.0 Å². The lowest BCUT2D eigenvalue weighted by molar-refractivity contribution is 0.769. The third kappa shape index (κ3) is 5.78. The van der Waals surface area contributed by atoms with Gasteiger partial charge in [0.25, 0.3) is 0 Å². The summed E-state index contributed by atoms with van der Waals surface area (Å²) >= 11 is 0. The first-order chi connectivity index (χ1) is 29.3. The average Bonchev–Trinajstić information content (AvgIpc) is 3.62. The third-order valence-corrected chi connectivity index (χ3v) is 11.9. The van der Waals surface area contributed by atoms with Gasteiger partial charge in [-0.05, 0) is 85.1 Å². The fraction of sp³-hybridized carbons (Fsp3) is 0.0179. The molecule has 0 fully saturated rings. The molecule has 3 nitrogen and oxygen atoms in total. The Labute approximate surface area is 344 Å². The summed E-state index contributed by atoms with van der Waals surface area (Å²) in [4.78, 5) is 14.8. The van der Waals surface area contributed by atoms with Crippen LogP contribution in [-0.4, -0.2) is 15.0 Å². The zero-order chi connectivity index (χ0) is 39.2. The summed E-state index contributed by atoms with van der Waals surface area (Å²) in [6.45, 7) is 0. The van der Waals surface area contributed by atoms with Crippen LogP contribution in [0, 0.1) is 0 Å². The molecule has 59 heavy (non-hydrogen) atoms. The molecule has 0 saturated heterocycles. The summed E-state index contributed by atoms with van der Waals surface area (Å²) in [5.74, 6) is 0.689. The molecule has 10 aromatic rings. The minimum Gasteiger partial charge on any atom is -0.264 e. The van der Waals surface area contributed by atoms with Gasteiger partial charge >= 0.3 is 0 Å². The fourth-order valence-corrected chi connectivity index (χ4v) is 9.23. The van der Waals surface area contributed by atoms with E-state index in [0.717, 1.165) is 44.6 Å². The molecule has 0 aliphatic heterocycles. The first kappa shape index (κ1) is 34.5. The Morgan fingerprint density at radius 1 is 0.322 bits per heavy atom. The van der Waals surface area contributed by atoms with Crippen molar-refractivity contribution in [1.29, 1.82) is 0 Å². The smallest absolute Gasteiger partial charge is 0.160 e. The van der Waals surface area contributed by atoms with Gasteiger partial charge in [0, 0.05) is 34.6 Å². The molecular formula is C56H37N3. The molecule has 1 aliphatic carbocycles. The predicted molar refractivity (Wildman–Crippen MR) is 242 cm³/mol. The number of benzene rings is 8. The Morgan fingerprint density at radius 3 is 1.64 bits per heavy atom. The lowest BCUT2D eigenvalue weighted by atomic mass is 9.67. The summed E-state index contributed by atoms with van der Waals surface area (Å²) in [5.41, 5.74) is 16.5. The molecule has 0 bridgehead atoms. The third-order valence-electron chi connectivity index (χ3n) is 11.9. The summed E-state index contributed by atoms with van der Waals surface area (Å²) in [6.07, 6.45) is 3.70. The molecule has 0 unspecified atom stereocenters. The van der Waals surface area contributed by atoms with Gasteiger partial charge in [-0.2, -0.15) is 0 Å². The van der Waals surface area contributed by atoms with Gasteiger partial charge in [0.05, 0.1) is 16.8 Å². The average molecular weight is 752 g/mol. The standard InChI is InChI=1S/C56H37N3/c1-4-16-38(17-5-1)55-58-53(41-19-14-18-39(34-41)42-20-15-33-57-37-42)36-54(59-55)50-32-31-45(46-25-10-11-26-47(46)50)40-29-30-49-48-27-12-13-28-51(48)56(52(49)35-40,43-21-6-2-7-22-43)44-23-8-3-9-24-44/h1-37H. The van der Waals surface area contributed by atoms with Crippen LogP contribution in [0.15, 0.2) is 225 Å². The van der Waals surface area contributed by atoms with Crippen molar-refractivity contribution in [3.63, 3.8) is 0 Å². The van der Waals surface area contributed by atoms with Gasteiger partial charge in [0.1, 0.15) is 0 Å². The van der Waals surface area contributed by atoms with Gasteiger partial charge in [-0.25, -0.2) is 9.97 Å². The van der Waals surface area contributed by atoms with E-state index in [1.807, 2.05) is 30.5 Å². The first-order valence-electron chi connectivity index (χ1n) is 20.1. The topological polar surface area (TPSA) is 38.7 Å². The van der Waals surface area contributed by atoms with Crippen LogP contribution in [0.3, 0.4) is 0 Å². The van der Waals surface area contributed by atoms with Crippen LogP contribution in [0.25, 0.3) is 78.1 Å². The van der Waals surface area contributed by atoms with Crippen molar-refractivity contribution in [3.8, 4) is 67.3 Å². The zero-order valence-corrected chi connectivity index (χ0v) is 32.2. The Balaban J connectivity index is 1.10. The van der Waals surface area contributed by atoms with Crippen LogP contribution in [-0.2, 0) is 5.41 Å². The second-order valence-electron chi connectivity index (χ2n) is 15.1. The molecule has 2 heterocycles. The maximum Gasteiger partial charge on any atom is 0.160 e. The minimum atomic E-state index is -0.472. The molecule has 11 rings (SSSR count). The van der Waals surface area contributed by atoms with E-state index < -0.39 is 5.41 Å². The minimum absolute atomic E-state index is 0.472. The number of hydrogen-bond acceptors (Lipinski definition) is 3. The van der Waals surface area contributed by atoms with Crippen LogP contribution in [0.2, 0.25) is 0 Å². The molecule has 8 aromatic carbocycles. The van der Waals surface area contributed by atoms with Crippen molar-refractivity contribution in [3.05, 3.63) is 247 Å². The van der Waals surface area contributed by atoms with Crippen molar-refractivity contribution >= 4 is 10.8 Å². The van der Waals surface area contributed by atoms with Gasteiger partial charge in [0.15, 0.2) is 5.82 Å². The van der Waals surface area contributed by atoms with E-state index in [4.69, 9.17) is 9.97 Å². The van der Waals surface area contributed by atoms with Gasteiger partial charge < -0.3 is 0 Å². The Kier molecular flexibility index (Phi) is 8.37. The molecule has 2 aromatic heterocycles. The molecule has 3 heteroatoms. The highest BCUT2D eigenvalue weighted by Gasteiger charge is 2.46. The molecule has 0 atom stereocenters. The van der Waals surface area contributed by atoms with Crippen LogP contribution in [0.1, 0.15) is 22.3 Å². The van der Waals surface area contributed by atoms with E-state index in [1.54, 1.807) is 6.20 Å². The lowest BCUT2D eigenvalue weighted by Crippen LogP contribution is -2.28. The Morgan fingerprint density at radius 2 is 0.898 bits per heavy atom. The summed E-state index contributed by atoms with van der Waals surface area (Å²) < 4.78 is 0. The second kappa shape index (κ2) is 14.3. The highest BCUT2D eigenvalue weighted by molar-refractivity contribution is 6.05. The zero-order valence-electron chi connectivity index (χ0n) is 32.2. The number of pyridine rings is 1. The number of rotatable bonds is 7. The molecular weight excluding hydrogens is 715 g/mol. The fourth-order valence-electron chi connectivity index (χ4n) is 9.23. The van der Waals surface area contributed by atoms with Crippen molar-refractivity contribution in [2.45, 2.75) is 5.41 Å². The SMILES string of the molecule is c1ccc(-c2nc(-c3cccc(-c4cccnc4)c3)cc(-c3ccc(-c4ccc5c(c4)C(c4ccccc4)(c4ccccc4)c4ccccc4-5)c4ccccc34)n2)cc1. The van der Waals surface area contributed by atoms with E-state index in [0.29, 0.717) is 5.82 Å². The number of aromatic nitrogens is 3. The van der Waals surface area contributed by atoms with E-state index in [1.165, 1.54) is 49.9 Å². The van der Waals surface area contributed by atoms with Crippen LogP contribution in [0.5, 0.6) is 0 Å². The highest BCUT2D eigenvalue weighted by Crippen LogP contribution is 2.57. The molecule has 0 amide bonds. The molecule has 276 valence electrons. The largest absolute Gasteiger partial charge is 0.264 e. The summed E-state index contributed by atoms with van der Waals surface area (Å²) in [5, 5.41) is 2.31. The molecule has 0 N–H and O–H groups in total. The number of nitrogens with zero attached hydrogens (tertiary/aromatic N) is 3. The van der Waals surface area contributed by atoms with Crippen LogP contribution >= 0.6 is 0 Å². The van der Waals surface area contributed by atoms with Gasteiger partial charge in [-0.3, -0.25) is 4.98 Å². The summed E-state index contributed by atoms with van der Waals surface area (Å²) in [6, 6.07) is 76.2. The van der Waals surface area contributed by atoms with E-state index in [9.17, 15) is 0 Å². The molecule has 0 radical (unpaired) electrons. The maximum absolute atomic E-state index is 5.27. The second-order valence-corrected chi connectivity index (χ2v) is 15.1.